The largest absolute Gasteiger partial charge is 0.381 e. The number of anilines is 2. The Morgan fingerprint density at radius 2 is 1.95 bits per heavy atom. The van der Waals surface area contributed by atoms with Crippen LogP contribution in [0, 0.1) is 6.92 Å². The minimum Gasteiger partial charge on any atom is -0.381 e. The van der Waals surface area contributed by atoms with Crippen LogP contribution in [0.25, 0.3) is 0 Å². The number of ether oxygens (including phenoxy) is 1. The van der Waals surface area contributed by atoms with Gasteiger partial charge in [0.15, 0.2) is 0 Å². The molecule has 1 aromatic heterocycles. The zero-order valence-electron chi connectivity index (χ0n) is 13.9. The zero-order valence-corrected chi connectivity index (χ0v) is 13.9. The van der Waals surface area contributed by atoms with E-state index in [0.29, 0.717) is 18.1 Å². The van der Waals surface area contributed by atoms with Gasteiger partial charge >= 0.3 is 0 Å². The Balaban J connectivity index is 2.21. The molecule has 1 aliphatic rings. The van der Waals surface area contributed by atoms with Crippen molar-refractivity contribution in [3.63, 3.8) is 0 Å². The normalized spacial score (nSPS) is 21.8. The summed E-state index contributed by atoms with van der Waals surface area (Å²) < 4.78 is 5.45. The number of aromatic nitrogens is 2. The highest BCUT2D eigenvalue weighted by molar-refractivity contribution is 5.57. The number of methoxy groups -OCH3 is 1. The molecule has 0 radical (unpaired) electrons. The van der Waals surface area contributed by atoms with E-state index in [9.17, 15) is 0 Å². The van der Waals surface area contributed by atoms with Crippen LogP contribution in [-0.2, 0) is 4.74 Å². The van der Waals surface area contributed by atoms with Crippen LogP contribution in [0.5, 0.6) is 0 Å². The SMILES string of the molecule is CCNc1nc(C(C)C)nc(NC2CCC(OC)C2)c1C. The van der Waals surface area contributed by atoms with Crippen molar-refractivity contribution in [3.8, 4) is 0 Å². The van der Waals surface area contributed by atoms with Gasteiger partial charge in [-0.3, -0.25) is 0 Å². The Bertz CT molecular complexity index is 476. The van der Waals surface area contributed by atoms with E-state index in [0.717, 1.165) is 48.8 Å². The third kappa shape index (κ3) is 3.84. The molecule has 1 aliphatic carbocycles. The maximum atomic E-state index is 5.45. The lowest BCUT2D eigenvalue weighted by Crippen LogP contribution is -2.20. The molecule has 2 N–H and O–H groups in total. The maximum Gasteiger partial charge on any atom is 0.135 e. The lowest BCUT2D eigenvalue weighted by atomic mass is 10.2. The quantitative estimate of drug-likeness (QED) is 0.842. The topological polar surface area (TPSA) is 59.1 Å². The summed E-state index contributed by atoms with van der Waals surface area (Å²) in [6, 6.07) is 0.443. The highest BCUT2D eigenvalue weighted by Gasteiger charge is 2.25. The summed E-state index contributed by atoms with van der Waals surface area (Å²) in [5.41, 5.74) is 1.10. The Kier molecular flexibility index (Phi) is 5.39. The van der Waals surface area contributed by atoms with E-state index in [4.69, 9.17) is 9.72 Å². The lowest BCUT2D eigenvalue weighted by Gasteiger charge is -2.19. The molecule has 2 unspecified atom stereocenters. The summed E-state index contributed by atoms with van der Waals surface area (Å²) in [6.45, 7) is 9.28. The van der Waals surface area contributed by atoms with E-state index < -0.39 is 0 Å². The third-order valence-electron chi connectivity index (χ3n) is 4.08. The first kappa shape index (κ1) is 16.0. The molecule has 5 heteroatoms. The summed E-state index contributed by atoms with van der Waals surface area (Å²) in [4.78, 5) is 9.37. The molecule has 0 spiro atoms. The molecule has 0 saturated heterocycles. The fraction of sp³-hybridized carbons (Fsp3) is 0.750. The summed E-state index contributed by atoms with van der Waals surface area (Å²) in [6.07, 6.45) is 3.68. The van der Waals surface area contributed by atoms with Crippen LogP contribution in [0.4, 0.5) is 11.6 Å². The highest BCUT2D eigenvalue weighted by Crippen LogP contribution is 2.28. The predicted octanol–water partition coefficient (Wildman–Crippen LogP) is 3.32. The lowest BCUT2D eigenvalue weighted by molar-refractivity contribution is 0.108. The van der Waals surface area contributed by atoms with Gasteiger partial charge in [0, 0.05) is 31.2 Å². The number of nitrogens with zero attached hydrogens (tertiary/aromatic N) is 2. The smallest absolute Gasteiger partial charge is 0.135 e. The molecule has 0 bridgehead atoms. The second-order valence-electron chi connectivity index (χ2n) is 6.10. The van der Waals surface area contributed by atoms with E-state index in [1.807, 2.05) is 0 Å². The van der Waals surface area contributed by atoms with Crippen molar-refractivity contribution in [2.45, 2.75) is 65.0 Å². The molecule has 1 fully saturated rings. The first-order valence-corrected chi connectivity index (χ1v) is 7.96. The first-order valence-electron chi connectivity index (χ1n) is 7.96. The van der Waals surface area contributed by atoms with Gasteiger partial charge in [0.05, 0.1) is 6.10 Å². The van der Waals surface area contributed by atoms with E-state index in [-0.39, 0.29) is 0 Å². The van der Waals surface area contributed by atoms with Gasteiger partial charge in [-0.2, -0.15) is 0 Å². The fourth-order valence-electron chi connectivity index (χ4n) is 2.75. The Labute approximate surface area is 127 Å². The second kappa shape index (κ2) is 7.07. The van der Waals surface area contributed by atoms with Gasteiger partial charge in [0.25, 0.3) is 0 Å². The van der Waals surface area contributed by atoms with Crippen molar-refractivity contribution in [1.82, 2.24) is 9.97 Å². The minimum atomic E-state index is 0.318. The van der Waals surface area contributed by atoms with Crippen molar-refractivity contribution in [1.29, 1.82) is 0 Å². The fourth-order valence-corrected chi connectivity index (χ4v) is 2.75. The summed E-state index contributed by atoms with van der Waals surface area (Å²) in [5, 5.41) is 6.94. The molecule has 0 aliphatic heterocycles. The molecule has 1 aromatic rings. The summed E-state index contributed by atoms with van der Waals surface area (Å²) >= 11 is 0. The van der Waals surface area contributed by atoms with E-state index in [1.54, 1.807) is 7.11 Å². The van der Waals surface area contributed by atoms with Gasteiger partial charge in [-0.1, -0.05) is 13.8 Å². The van der Waals surface area contributed by atoms with Crippen LogP contribution in [0.1, 0.15) is 57.3 Å². The average molecular weight is 292 g/mol. The highest BCUT2D eigenvalue weighted by atomic mass is 16.5. The standard InChI is InChI=1S/C16H28N4O/c1-6-17-15-11(4)16(20-14(19-15)10(2)3)18-12-7-8-13(9-12)21-5/h10,12-13H,6-9H2,1-5H3,(H2,17,18,19,20). The molecule has 118 valence electrons. The molecule has 5 nitrogen and oxygen atoms in total. The van der Waals surface area contributed by atoms with Crippen molar-refractivity contribution in [3.05, 3.63) is 11.4 Å². The number of nitrogens with one attached hydrogen (secondary N) is 2. The molecular weight excluding hydrogens is 264 g/mol. The maximum absolute atomic E-state index is 5.45. The van der Waals surface area contributed by atoms with Crippen LogP contribution < -0.4 is 10.6 Å². The number of rotatable bonds is 6. The number of hydrogen-bond acceptors (Lipinski definition) is 5. The Morgan fingerprint density at radius 1 is 1.24 bits per heavy atom. The molecular formula is C16H28N4O. The Morgan fingerprint density at radius 3 is 2.52 bits per heavy atom. The molecule has 21 heavy (non-hydrogen) atoms. The van der Waals surface area contributed by atoms with E-state index >= 15 is 0 Å². The number of hydrogen-bond donors (Lipinski definition) is 2. The van der Waals surface area contributed by atoms with Crippen LogP contribution in [-0.4, -0.2) is 35.8 Å². The van der Waals surface area contributed by atoms with Crippen molar-refractivity contribution in [2.75, 3.05) is 24.3 Å². The predicted molar refractivity (Wildman–Crippen MR) is 87.1 cm³/mol. The van der Waals surface area contributed by atoms with Gasteiger partial charge in [0.2, 0.25) is 0 Å². The van der Waals surface area contributed by atoms with Crippen LogP contribution in [0.3, 0.4) is 0 Å². The van der Waals surface area contributed by atoms with Gasteiger partial charge < -0.3 is 15.4 Å². The molecule has 0 amide bonds. The van der Waals surface area contributed by atoms with Gasteiger partial charge in [0.1, 0.15) is 17.5 Å². The van der Waals surface area contributed by atoms with Crippen LogP contribution in [0.2, 0.25) is 0 Å². The molecule has 2 atom stereocenters. The molecule has 2 rings (SSSR count). The molecule has 1 saturated carbocycles. The van der Waals surface area contributed by atoms with Crippen LogP contribution >= 0.6 is 0 Å². The van der Waals surface area contributed by atoms with Crippen molar-refractivity contribution < 1.29 is 4.74 Å². The average Bonchev–Trinajstić information content (AvgIpc) is 2.90. The van der Waals surface area contributed by atoms with E-state index in [1.165, 1.54) is 0 Å². The first-order chi connectivity index (χ1) is 10.0. The zero-order chi connectivity index (χ0) is 15.4. The van der Waals surface area contributed by atoms with Crippen molar-refractivity contribution in [2.24, 2.45) is 0 Å². The second-order valence-corrected chi connectivity index (χ2v) is 6.10. The Hall–Kier alpha value is -1.36. The monoisotopic (exact) mass is 292 g/mol. The van der Waals surface area contributed by atoms with Gasteiger partial charge in [-0.15, -0.1) is 0 Å². The van der Waals surface area contributed by atoms with E-state index in [2.05, 4.69) is 43.3 Å². The van der Waals surface area contributed by atoms with Crippen molar-refractivity contribution >= 4 is 11.6 Å². The molecule has 1 heterocycles. The van der Waals surface area contributed by atoms with Crippen LogP contribution in [0.15, 0.2) is 0 Å². The van der Waals surface area contributed by atoms with Gasteiger partial charge in [-0.25, -0.2) is 9.97 Å². The molecule has 0 aromatic carbocycles. The minimum absolute atomic E-state index is 0.318. The summed E-state index contributed by atoms with van der Waals surface area (Å²) in [5.74, 6) is 3.12. The third-order valence-corrected chi connectivity index (χ3v) is 4.08. The van der Waals surface area contributed by atoms with Gasteiger partial charge in [-0.05, 0) is 33.1 Å². The summed E-state index contributed by atoms with van der Waals surface area (Å²) in [7, 11) is 1.79.